The largest absolute Gasteiger partial charge is 0.330 e. The molecule has 0 aliphatic rings. The van der Waals surface area contributed by atoms with Crippen LogP contribution in [-0.2, 0) is 0 Å². The molecule has 1 aromatic heterocycles. The van der Waals surface area contributed by atoms with Gasteiger partial charge in [0.05, 0.1) is 0 Å². The van der Waals surface area contributed by atoms with Crippen LogP contribution in [0.1, 0.15) is 45.0 Å². The average Bonchev–Trinajstić information content (AvgIpc) is 2.55. The van der Waals surface area contributed by atoms with Gasteiger partial charge in [0.15, 0.2) is 0 Å². The molecular formula is C9H18N4. The SMILES string of the molecule is CCC(CN)c1nncn1C(C)C. The molecule has 1 rings (SSSR count). The molecule has 1 heterocycles. The molecule has 13 heavy (non-hydrogen) atoms. The summed E-state index contributed by atoms with van der Waals surface area (Å²) in [6, 6.07) is 0.408. The lowest BCUT2D eigenvalue weighted by Gasteiger charge is -2.15. The second-order valence-electron chi connectivity index (χ2n) is 3.53. The van der Waals surface area contributed by atoms with Crippen LogP contribution < -0.4 is 5.73 Å². The van der Waals surface area contributed by atoms with E-state index < -0.39 is 0 Å². The molecule has 1 atom stereocenters. The maximum absolute atomic E-state index is 5.66. The minimum atomic E-state index is 0.338. The van der Waals surface area contributed by atoms with Gasteiger partial charge in [-0.25, -0.2) is 0 Å². The Hall–Kier alpha value is -0.900. The zero-order valence-electron chi connectivity index (χ0n) is 8.57. The molecule has 0 radical (unpaired) electrons. The zero-order valence-corrected chi connectivity index (χ0v) is 8.57. The summed E-state index contributed by atoms with van der Waals surface area (Å²) in [6.45, 7) is 7.00. The van der Waals surface area contributed by atoms with Crippen LogP contribution in [0.15, 0.2) is 6.33 Å². The molecule has 0 saturated carbocycles. The molecule has 0 spiro atoms. The van der Waals surface area contributed by atoms with Crippen molar-refractivity contribution in [3.05, 3.63) is 12.2 Å². The maximum atomic E-state index is 5.66. The summed E-state index contributed by atoms with van der Waals surface area (Å²) in [5.41, 5.74) is 5.66. The minimum absolute atomic E-state index is 0.338. The van der Waals surface area contributed by atoms with Gasteiger partial charge in [-0.2, -0.15) is 0 Å². The number of aromatic nitrogens is 3. The molecule has 0 saturated heterocycles. The third-order valence-electron chi connectivity index (χ3n) is 2.30. The van der Waals surface area contributed by atoms with Crippen LogP contribution in [-0.4, -0.2) is 21.3 Å². The molecule has 4 heteroatoms. The van der Waals surface area contributed by atoms with Crippen molar-refractivity contribution in [3.63, 3.8) is 0 Å². The van der Waals surface area contributed by atoms with Crippen LogP contribution in [0.4, 0.5) is 0 Å². The first kappa shape index (κ1) is 10.2. The lowest BCUT2D eigenvalue weighted by molar-refractivity contribution is 0.519. The van der Waals surface area contributed by atoms with E-state index in [4.69, 9.17) is 5.73 Å². The zero-order chi connectivity index (χ0) is 9.84. The van der Waals surface area contributed by atoms with Crippen molar-refractivity contribution in [2.45, 2.75) is 39.2 Å². The van der Waals surface area contributed by atoms with Crippen molar-refractivity contribution >= 4 is 0 Å². The molecular weight excluding hydrogens is 164 g/mol. The highest BCUT2D eigenvalue weighted by atomic mass is 15.3. The highest BCUT2D eigenvalue weighted by Gasteiger charge is 2.15. The van der Waals surface area contributed by atoms with Crippen molar-refractivity contribution in [1.29, 1.82) is 0 Å². The molecule has 0 aliphatic carbocycles. The van der Waals surface area contributed by atoms with E-state index in [1.807, 2.05) is 0 Å². The summed E-state index contributed by atoms with van der Waals surface area (Å²) >= 11 is 0. The number of hydrogen-bond acceptors (Lipinski definition) is 3. The van der Waals surface area contributed by atoms with Crippen LogP contribution in [0.3, 0.4) is 0 Å². The molecule has 4 nitrogen and oxygen atoms in total. The number of rotatable bonds is 4. The molecule has 1 unspecified atom stereocenters. The smallest absolute Gasteiger partial charge is 0.137 e. The molecule has 2 N–H and O–H groups in total. The monoisotopic (exact) mass is 182 g/mol. The molecule has 0 aromatic carbocycles. The molecule has 74 valence electrons. The minimum Gasteiger partial charge on any atom is -0.330 e. The van der Waals surface area contributed by atoms with Gasteiger partial charge in [-0.1, -0.05) is 6.92 Å². The van der Waals surface area contributed by atoms with Gasteiger partial charge in [-0.3, -0.25) is 0 Å². The van der Waals surface area contributed by atoms with E-state index in [0.717, 1.165) is 12.2 Å². The number of hydrogen-bond donors (Lipinski definition) is 1. The first-order chi connectivity index (χ1) is 6.20. The summed E-state index contributed by atoms with van der Waals surface area (Å²) in [5, 5.41) is 8.03. The van der Waals surface area contributed by atoms with E-state index in [0.29, 0.717) is 18.5 Å². The summed E-state index contributed by atoms with van der Waals surface area (Å²) in [6.07, 6.45) is 2.79. The van der Waals surface area contributed by atoms with Crippen LogP contribution in [0.25, 0.3) is 0 Å². The van der Waals surface area contributed by atoms with E-state index in [1.54, 1.807) is 6.33 Å². The molecule has 0 amide bonds. The van der Waals surface area contributed by atoms with Crippen LogP contribution in [0.2, 0.25) is 0 Å². The van der Waals surface area contributed by atoms with Gasteiger partial charge in [0.1, 0.15) is 12.2 Å². The number of nitrogens with two attached hydrogens (primary N) is 1. The van der Waals surface area contributed by atoms with Crippen molar-refractivity contribution in [1.82, 2.24) is 14.8 Å². The van der Waals surface area contributed by atoms with E-state index in [2.05, 4.69) is 35.5 Å². The van der Waals surface area contributed by atoms with Gasteiger partial charge in [0.25, 0.3) is 0 Å². The van der Waals surface area contributed by atoms with E-state index >= 15 is 0 Å². The van der Waals surface area contributed by atoms with Crippen LogP contribution >= 0.6 is 0 Å². The van der Waals surface area contributed by atoms with Crippen molar-refractivity contribution in [2.24, 2.45) is 5.73 Å². The van der Waals surface area contributed by atoms with Crippen LogP contribution in [0, 0.1) is 0 Å². The van der Waals surface area contributed by atoms with Gasteiger partial charge < -0.3 is 10.3 Å². The van der Waals surface area contributed by atoms with Crippen molar-refractivity contribution < 1.29 is 0 Å². The molecule has 1 aromatic rings. The van der Waals surface area contributed by atoms with E-state index in [9.17, 15) is 0 Å². The van der Waals surface area contributed by atoms with Gasteiger partial charge in [-0.15, -0.1) is 10.2 Å². The highest BCUT2D eigenvalue weighted by molar-refractivity contribution is 4.97. The van der Waals surface area contributed by atoms with Gasteiger partial charge in [-0.05, 0) is 20.3 Å². The Morgan fingerprint density at radius 2 is 2.23 bits per heavy atom. The van der Waals surface area contributed by atoms with Gasteiger partial charge in [0.2, 0.25) is 0 Å². The third-order valence-corrected chi connectivity index (χ3v) is 2.30. The summed E-state index contributed by atoms with van der Waals surface area (Å²) in [5.74, 6) is 1.35. The van der Waals surface area contributed by atoms with Crippen molar-refractivity contribution in [3.8, 4) is 0 Å². The van der Waals surface area contributed by atoms with E-state index in [-0.39, 0.29) is 0 Å². The second-order valence-corrected chi connectivity index (χ2v) is 3.53. The lowest BCUT2D eigenvalue weighted by atomic mass is 10.1. The van der Waals surface area contributed by atoms with Crippen LogP contribution in [0.5, 0.6) is 0 Å². The fourth-order valence-electron chi connectivity index (χ4n) is 1.40. The first-order valence-electron chi connectivity index (χ1n) is 4.80. The Morgan fingerprint density at radius 1 is 1.54 bits per heavy atom. The fraction of sp³-hybridized carbons (Fsp3) is 0.778. The summed E-state index contributed by atoms with van der Waals surface area (Å²) in [7, 11) is 0. The fourth-order valence-corrected chi connectivity index (χ4v) is 1.40. The Morgan fingerprint density at radius 3 is 2.69 bits per heavy atom. The summed E-state index contributed by atoms with van der Waals surface area (Å²) in [4.78, 5) is 0. The summed E-state index contributed by atoms with van der Waals surface area (Å²) < 4.78 is 2.08. The predicted octanol–water partition coefficient (Wildman–Crippen LogP) is 1.31. The Kier molecular flexibility index (Phi) is 3.42. The molecule has 0 aliphatic heterocycles. The van der Waals surface area contributed by atoms with Gasteiger partial charge in [0, 0.05) is 18.5 Å². The Bertz CT molecular complexity index is 250. The molecule has 0 fully saturated rings. The third kappa shape index (κ3) is 2.06. The second kappa shape index (κ2) is 4.37. The number of nitrogens with zero attached hydrogens (tertiary/aromatic N) is 3. The normalized spacial score (nSPS) is 13.6. The van der Waals surface area contributed by atoms with E-state index in [1.165, 1.54) is 0 Å². The molecule has 0 bridgehead atoms. The maximum Gasteiger partial charge on any atom is 0.137 e. The Labute approximate surface area is 79.2 Å². The van der Waals surface area contributed by atoms with Crippen molar-refractivity contribution in [2.75, 3.05) is 6.54 Å². The first-order valence-corrected chi connectivity index (χ1v) is 4.80. The standard InChI is InChI=1S/C9H18N4/c1-4-8(5-10)9-12-11-6-13(9)7(2)3/h6-8H,4-5,10H2,1-3H3. The highest BCUT2D eigenvalue weighted by Crippen LogP contribution is 2.18. The topological polar surface area (TPSA) is 56.7 Å². The lowest BCUT2D eigenvalue weighted by Crippen LogP contribution is -2.17. The average molecular weight is 182 g/mol. The quantitative estimate of drug-likeness (QED) is 0.763. The Balaban J connectivity index is 2.91. The van der Waals surface area contributed by atoms with Gasteiger partial charge >= 0.3 is 0 Å². The predicted molar refractivity (Wildman–Crippen MR) is 52.5 cm³/mol.